The molecule has 2 rings (SSSR count). The van der Waals surface area contributed by atoms with Crippen molar-refractivity contribution in [3.63, 3.8) is 0 Å². The van der Waals surface area contributed by atoms with Gasteiger partial charge in [-0.1, -0.05) is 0 Å². The summed E-state index contributed by atoms with van der Waals surface area (Å²) in [7, 11) is 0. The maximum atomic E-state index is 3.58. The molecule has 78 valence electrons. The van der Waals surface area contributed by atoms with Crippen LogP contribution in [0, 0.1) is 5.41 Å². The van der Waals surface area contributed by atoms with Gasteiger partial charge in [-0.2, -0.15) is 0 Å². The zero-order valence-corrected chi connectivity index (χ0v) is 10.8. The number of piperidine rings is 1. The summed E-state index contributed by atoms with van der Waals surface area (Å²) in [5, 5.41) is 3.58. The minimum absolute atomic E-state index is 0.316. The molecule has 13 heavy (non-hydrogen) atoms. The van der Waals surface area contributed by atoms with E-state index in [-0.39, 0.29) is 0 Å². The molecule has 2 fully saturated rings. The van der Waals surface area contributed by atoms with Crippen LogP contribution < -0.4 is 26.8 Å². The van der Waals surface area contributed by atoms with E-state index >= 15 is 0 Å². The van der Waals surface area contributed by atoms with Crippen LogP contribution in [-0.4, -0.2) is 33.7 Å². The molecule has 2 saturated heterocycles. The number of alkyl halides is 1. The quantitative estimate of drug-likeness (QED) is 0.345. The zero-order valence-electron chi connectivity index (χ0n) is 8.65. The molecular weight excluding hydrogens is 275 g/mol. The first kappa shape index (κ1) is 10.2. The fraction of sp³-hybridized carbons (Fsp3) is 1.00. The molecule has 1 spiro atoms. The van der Waals surface area contributed by atoms with Gasteiger partial charge in [0.05, 0.1) is 0 Å². The predicted octanol–water partition coefficient (Wildman–Crippen LogP) is -1.92. The maximum absolute atomic E-state index is 3.58. The van der Waals surface area contributed by atoms with Crippen molar-refractivity contribution in [3.05, 3.63) is 0 Å². The van der Waals surface area contributed by atoms with Crippen molar-refractivity contribution in [2.75, 3.05) is 24.6 Å². The SMILES string of the molecule is C[I-]N1CCC2(CCCNC2)C1C. The van der Waals surface area contributed by atoms with Crippen LogP contribution in [0.1, 0.15) is 26.2 Å². The average Bonchev–Trinajstić information content (AvgIpc) is 2.47. The number of nitrogens with one attached hydrogen (secondary N) is 1. The van der Waals surface area contributed by atoms with Crippen LogP contribution in [0.15, 0.2) is 0 Å². The Balaban J connectivity index is 2.06. The summed E-state index contributed by atoms with van der Waals surface area (Å²) in [4.78, 5) is 2.39. The Morgan fingerprint density at radius 3 is 2.85 bits per heavy atom. The van der Waals surface area contributed by atoms with Crippen molar-refractivity contribution in [1.82, 2.24) is 8.43 Å². The normalized spacial score (nSPS) is 41.8. The molecule has 2 heterocycles. The first-order chi connectivity index (χ1) is 6.28. The van der Waals surface area contributed by atoms with E-state index in [0.717, 1.165) is 6.04 Å². The van der Waals surface area contributed by atoms with Crippen molar-refractivity contribution in [1.29, 1.82) is 0 Å². The van der Waals surface area contributed by atoms with Gasteiger partial charge in [-0.15, -0.1) is 0 Å². The van der Waals surface area contributed by atoms with Crippen LogP contribution in [0.2, 0.25) is 0 Å². The van der Waals surface area contributed by atoms with Crippen LogP contribution >= 0.6 is 0 Å². The van der Waals surface area contributed by atoms with Crippen LogP contribution in [0.4, 0.5) is 0 Å². The molecule has 0 aliphatic carbocycles. The second-order valence-electron chi connectivity index (χ2n) is 4.36. The second kappa shape index (κ2) is 4.03. The van der Waals surface area contributed by atoms with Gasteiger partial charge in [0.2, 0.25) is 0 Å². The summed E-state index contributed by atoms with van der Waals surface area (Å²) in [5.41, 5.74) is 0.647. The summed E-state index contributed by atoms with van der Waals surface area (Å²) < 4.78 is 2.74. The van der Waals surface area contributed by atoms with E-state index < -0.39 is 0 Å². The van der Waals surface area contributed by atoms with Crippen molar-refractivity contribution < 1.29 is 21.5 Å². The van der Waals surface area contributed by atoms with Crippen molar-refractivity contribution in [2.24, 2.45) is 5.41 Å². The van der Waals surface area contributed by atoms with Crippen LogP contribution in [0.3, 0.4) is 0 Å². The van der Waals surface area contributed by atoms with E-state index in [1.807, 2.05) is 0 Å². The Morgan fingerprint density at radius 1 is 1.46 bits per heavy atom. The van der Waals surface area contributed by atoms with Gasteiger partial charge in [0.25, 0.3) is 0 Å². The summed E-state index contributed by atoms with van der Waals surface area (Å²) in [6.07, 6.45) is 4.29. The van der Waals surface area contributed by atoms with Gasteiger partial charge in [-0.25, -0.2) is 0 Å². The van der Waals surface area contributed by atoms with Gasteiger partial charge in [0.15, 0.2) is 0 Å². The van der Waals surface area contributed by atoms with Crippen molar-refractivity contribution in [3.8, 4) is 0 Å². The van der Waals surface area contributed by atoms with Crippen LogP contribution in [0.25, 0.3) is 0 Å². The number of hydrogen-bond donors (Lipinski definition) is 1. The van der Waals surface area contributed by atoms with Crippen LogP contribution in [-0.2, 0) is 0 Å². The summed E-state index contributed by atoms with van der Waals surface area (Å²) in [6, 6.07) is 0.845. The first-order valence-electron chi connectivity index (χ1n) is 5.26. The molecular formula is C10H20IN2-. The molecule has 2 atom stereocenters. The monoisotopic (exact) mass is 295 g/mol. The van der Waals surface area contributed by atoms with E-state index in [9.17, 15) is 0 Å². The Labute approximate surface area is 92.1 Å². The second-order valence-corrected chi connectivity index (χ2v) is 6.57. The fourth-order valence-electron chi connectivity index (χ4n) is 2.82. The molecule has 0 bridgehead atoms. The van der Waals surface area contributed by atoms with E-state index in [1.165, 1.54) is 38.9 Å². The molecule has 1 N–H and O–H groups in total. The Hall–Kier alpha value is 0.650. The number of halogens is 1. The molecule has 0 aromatic carbocycles. The van der Waals surface area contributed by atoms with Crippen LogP contribution in [0.5, 0.6) is 0 Å². The first-order valence-corrected chi connectivity index (χ1v) is 8.38. The Morgan fingerprint density at radius 2 is 2.31 bits per heavy atom. The number of nitrogens with zero attached hydrogens (tertiary/aromatic N) is 1. The molecule has 0 radical (unpaired) electrons. The number of rotatable bonds is 1. The molecule has 0 amide bonds. The van der Waals surface area contributed by atoms with E-state index in [1.54, 1.807) is 0 Å². The molecule has 0 aromatic heterocycles. The minimum atomic E-state index is 0.316. The summed E-state index contributed by atoms with van der Waals surface area (Å²) >= 11 is 0.316. The molecule has 2 aliphatic rings. The van der Waals surface area contributed by atoms with Gasteiger partial charge in [0, 0.05) is 0 Å². The molecule has 0 saturated carbocycles. The number of hydrogen-bond acceptors (Lipinski definition) is 2. The van der Waals surface area contributed by atoms with E-state index in [2.05, 4.69) is 20.3 Å². The van der Waals surface area contributed by atoms with Gasteiger partial charge in [-0.05, 0) is 0 Å². The van der Waals surface area contributed by atoms with Gasteiger partial charge in [-0.3, -0.25) is 0 Å². The average molecular weight is 295 g/mol. The zero-order chi connectivity index (χ0) is 9.31. The van der Waals surface area contributed by atoms with Gasteiger partial charge in [0.1, 0.15) is 0 Å². The predicted molar refractivity (Wildman–Crippen MR) is 51.2 cm³/mol. The third kappa shape index (κ3) is 1.75. The molecule has 2 aliphatic heterocycles. The van der Waals surface area contributed by atoms with Gasteiger partial charge < -0.3 is 0 Å². The fourth-order valence-corrected chi connectivity index (χ4v) is 4.97. The van der Waals surface area contributed by atoms with E-state index in [0.29, 0.717) is 26.9 Å². The molecule has 2 nitrogen and oxygen atoms in total. The van der Waals surface area contributed by atoms with Crippen molar-refractivity contribution in [2.45, 2.75) is 32.2 Å². The summed E-state index contributed by atoms with van der Waals surface area (Å²) in [5.74, 6) is 0. The van der Waals surface area contributed by atoms with Crippen molar-refractivity contribution >= 4 is 0 Å². The standard InChI is InChI=1S/C10H20IN2/c1-9-10(4-3-6-12-8-10)5-7-13(9)11-2/h9,12H,3-8H2,1-2H3/q-1. The molecule has 0 aromatic rings. The van der Waals surface area contributed by atoms with E-state index in [4.69, 9.17) is 0 Å². The molecule has 2 unspecified atom stereocenters. The Kier molecular flexibility index (Phi) is 3.15. The third-order valence-corrected chi connectivity index (χ3v) is 6.41. The topological polar surface area (TPSA) is 15.3 Å². The Bertz CT molecular complexity index is 178. The third-order valence-electron chi connectivity index (χ3n) is 3.85. The van der Waals surface area contributed by atoms with Gasteiger partial charge >= 0.3 is 92.1 Å². The summed E-state index contributed by atoms with van der Waals surface area (Å²) in [6.45, 7) is 6.33. The molecule has 3 heteroatoms.